The van der Waals surface area contributed by atoms with E-state index in [9.17, 15) is 23.5 Å². The first-order valence-electron chi connectivity index (χ1n) is 9.16. The number of benzene rings is 1. The van der Waals surface area contributed by atoms with Crippen LogP contribution in [0, 0.1) is 0 Å². The predicted octanol–water partition coefficient (Wildman–Crippen LogP) is 0.219. The molecule has 2 aliphatic heterocycles. The summed E-state index contributed by atoms with van der Waals surface area (Å²) in [4.78, 5) is 28.3. The molecule has 3 atom stereocenters. The van der Waals surface area contributed by atoms with Crippen molar-refractivity contribution in [2.75, 3.05) is 35.6 Å². The number of nitrogens with zero attached hydrogens (tertiary/aromatic N) is 2. The summed E-state index contributed by atoms with van der Waals surface area (Å²) in [6.07, 6.45) is -4.96. The number of anilines is 3. The highest BCUT2D eigenvalue weighted by Gasteiger charge is 2.59. The molecule has 2 aromatic rings. The summed E-state index contributed by atoms with van der Waals surface area (Å²) in [6, 6.07) is 6.14. The number of alkyl halides is 2. The molecule has 0 radical (unpaired) electrons. The van der Waals surface area contributed by atoms with Crippen LogP contribution >= 0.6 is 0 Å². The monoisotopic (exact) mass is 423 g/mol. The van der Waals surface area contributed by atoms with Crippen molar-refractivity contribution in [3.8, 4) is 0 Å². The molecule has 4 rings (SSSR count). The van der Waals surface area contributed by atoms with Gasteiger partial charge in [-0.3, -0.25) is 9.36 Å². The van der Waals surface area contributed by atoms with Crippen LogP contribution in [0.3, 0.4) is 0 Å². The van der Waals surface area contributed by atoms with Gasteiger partial charge in [0.25, 0.3) is 5.91 Å². The van der Waals surface area contributed by atoms with Gasteiger partial charge >= 0.3 is 11.6 Å². The fourth-order valence-corrected chi connectivity index (χ4v) is 3.35. The molecule has 10 nitrogen and oxygen atoms in total. The van der Waals surface area contributed by atoms with E-state index in [1.807, 2.05) is 0 Å². The van der Waals surface area contributed by atoms with E-state index in [0.717, 1.165) is 30.2 Å². The predicted molar refractivity (Wildman–Crippen MR) is 102 cm³/mol. The van der Waals surface area contributed by atoms with Gasteiger partial charge < -0.3 is 30.9 Å². The average molecular weight is 423 g/mol. The number of halogens is 2. The van der Waals surface area contributed by atoms with Crippen LogP contribution in [0.4, 0.5) is 26.0 Å². The summed E-state index contributed by atoms with van der Waals surface area (Å²) in [5.41, 5.74) is 0.823. The van der Waals surface area contributed by atoms with Crippen LogP contribution in [0.15, 0.2) is 35.3 Å². The molecule has 3 heterocycles. The Balaban J connectivity index is 1.53. The molecule has 1 unspecified atom stereocenters. The molecule has 12 heteroatoms. The summed E-state index contributed by atoms with van der Waals surface area (Å²) in [5.74, 6) is -4.48. The summed E-state index contributed by atoms with van der Waals surface area (Å²) in [5, 5.41) is 27.4. The van der Waals surface area contributed by atoms with E-state index in [0.29, 0.717) is 16.7 Å². The zero-order chi connectivity index (χ0) is 21.5. The molecule has 30 heavy (non-hydrogen) atoms. The number of fused-ring (bicyclic) bond motifs is 1. The largest absolute Gasteiger partial charge is 0.394 e. The highest BCUT2D eigenvalue weighted by molar-refractivity contribution is 6.05. The van der Waals surface area contributed by atoms with Crippen LogP contribution in [0.5, 0.6) is 0 Å². The Kier molecular flexibility index (Phi) is 5.13. The van der Waals surface area contributed by atoms with Crippen LogP contribution in [-0.2, 0) is 4.74 Å². The number of hydrogen-bond acceptors (Lipinski definition) is 8. The Bertz CT molecular complexity index is 1030. The van der Waals surface area contributed by atoms with Gasteiger partial charge in [0.15, 0.2) is 6.10 Å². The number of aliphatic hydroxyl groups excluding tert-OH is 2. The van der Waals surface area contributed by atoms with E-state index in [-0.39, 0.29) is 5.82 Å². The number of aromatic nitrogens is 2. The van der Waals surface area contributed by atoms with Gasteiger partial charge in [-0.25, -0.2) is 4.79 Å². The highest BCUT2D eigenvalue weighted by Crippen LogP contribution is 2.42. The lowest BCUT2D eigenvalue weighted by molar-refractivity contribution is -0.140. The van der Waals surface area contributed by atoms with E-state index in [1.54, 1.807) is 18.2 Å². The van der Waals surface area contributed by atoms with E-state index < -0.39 is 42.6 Å². The maximum absolute atomic E-state index is 14.2. The number of aliphatic hydroxyl groups is 2. The first-order chi connectivity index (χ1) is 14.3. The number of ether oxygens (including phenoxy) is 1. The number of carbonyl (C=O) groups excluding carboxylic acids is 1. The lowest BCUT2D eigenvalue weighted by Gasteiger charge is -2.21. The second-order valence-electron chi connectivity index (χ2n) is 6.90. The van der Waals surface area contributed by atoms with E-state index in [4.69, 9.17) is 9.84 Å². The third-order valence-corrected chi connectivity index (χ3v) is 4.92. The van der Waals surface area contributed by atoms with Crippen LogP contribution < -0.4 is 21.6 Å². The number of carbonyl (C=O) groups is 1. The van der Waals surface area contributed by atoms with Crippen LogP contribution in [-0.4, -0.2) is 63.5 Å². The van der Waals surface area contributed by atoms with E-state index in [1.165, 1.54) is 0 Å². The van der Waals surface area contributed by atoms with Crippen LogP contribution in [0.2, 0.25) is 0 Å². The molecule has 2 aliphatic rings. The molecule has 1 saturated heterocycles. The average Bonchev–Trinajstić information content (AvgIpc) is 2.96. The van der Waals surface area contributed by atoms with Crippen LogP contribution in [0.25, 0.3) is 0 Å². The van der Waals surface area contributed by atoms with Gasteiger partial charge in [-0.2, -0.15) is 13.8 Å². The fourth-order valence-electron chi connectivity index (χ4n) is 3.35. The molecule has 1 fully saturated rings. The standard InChI is InChI=1S/C18H19F2N5O5/c19-18(20)14(27)12(8-26)30-16(18)25-6-3-13(24-17(25)29)23-15(28)9-1-2-10-11(7-9)22-5-4-21-10/h1-3,6-7,12,14,16,21-22,26-27H,4-5,8H2,(H,23,24,28,29)/t12-,14-,16?/m1/s1. The van der Waals surface area contributed by atoms with Gasteiger partial charge in [-0.15, -0.1) is 0 Å². The first kappa shape index (κ1) is 20.2. The third kappa shape index (κ3) is 3.49. The Morgan fingerprint density at radius 1 is 1.30 bits per heavy atom. The van der Waals surface area contributed by atoms with Crippen molar-refractivity contribution >= 4 is 23.1 Å². The summed E-state index contributed by atoms with van der Waals surface area (Å²) >= 11 is 0. The minimum Gasteiger partial charge on any atom is -0.394 e. The molecule has 0 aliphatic carbocycles. The van der Waals surface area contributed by atoms with Gasteiger partial charge in [-0.1, -0.05) is 0 Å². The summed E-state index contributed by atoms with van der Waals surface area (Å²) in [6.45, 7) is 0.630. The lowest BCUT2D eigenvalue weighted by atomic mass is 10.1. The molecular formula is C18H19F2N5O5. The molecular weight excluding hydrogens is 404 g/mol. The SMILES string of the molecule is O=C(Nc1ccn(C2O[C@H](CO)[C@@H](O)C2(F)F)c(=O)n1)c1ccc2c(c1)NCCN2. The summed E-state index contributed by atoms with van der Waals surface area (Å²) in [7, 11) is 0. The highest BCUT2D eigenvalue weighted by atomic mass is 19.3. The van der Waals surface area contributed by atoms with Gasteiger partial charge in [0.05, 0.1) is 18.0 Å². The van der Waals surface area contributed by atoms with Crippen molar-refractivity contribution in [2.45, 2.75) is 24.4 Å². The van der Waals surface area contributed by atoms with Crippen molar-refractivity contribution in [3.63, 3.8) is 0 Å². The summed E-state index contributed by atoms with van der Waals surface area (Å²) < 4.78 is 33.9. The van der Waals surface area contributed by atoms with Crippen molar-refractivity contribution in [1.82, 2.24) is 9.55 Å². The Labute approximate surface area is 168 Å². The van der Waals surface area contributed by atoms with E-state index >= 15 is 0 Å². The van der Waals surface area contributed by atoms with Crippen molar-refractivity contribution in [1.29, 1.82) is 0 Å². The zero-order valence-electron chi connectivity index (χ0n) is 15.5. The second-order valence-corrected chi connectivity index (χ2v) is 6.90. The molecule has 0 spiro atoms. The smallest absolute Gasteiger partial charge is 0.351 e. The second kappa shape index (κ2) is 7.63. The van der Waals surface area contributed by atoms with E-state index in [2.05, 4.69) is 20.9 Å². The quantitative estimate of drug-likeness (QED) is 0.471. The normalized spacial score (nSPS) is 24.5. The van der Waals surface area contributed by atoms with Gasteiger partial charge in [0.2, 0.25) is 6.23 Å². The number of hydrogen-bond donors (Lipinski definition) is 5. The number of rotatable bonds is 4. The Hall–Kier alpha value is -3.09. The minimum atomic E-state index is -3.81. The number of amides is 1. The topological polar surface area (TPSA) is 138 Å². The molecule has 1 aromatic carbocycles. The molecule has 160 valence electrons. The third-order valence-electron chi connectivity index (χ3n) is 4.92. The van der Waals surface area contributed by atoms with Crippen LogP contribution in [0.1, 0.15) is 16.6 Å². The maximum atomic E-state index is 14.2. The van der Waals surface area contributed by atoms with Crippen molar-refractivity contribution in [2.24, 2.45) is 0 Å². The molecule has 1 aromatic heterocycles. The number of nitrogens with one attached hydrogen (secondary N) is 3. The molecule has 0 bridgehead atoms. The first-order valence-corrected chi connectivity index (χ1v) is 9.16. The fraction of sp³-hybridized carbons (Fsp3) is 0.389. The van der Waals surface area contributed by atoms with Gasteiger partial charge in [-0.05, 0) is 24.3 Å². The Morgan fingerprint density at radius 2 is 2.03 bits per heavy atom. The molecule has 0 saturated carbocycles. The lowest BCUT2D eigenvalue weighted by Crippen LogP contribution is -2.41. The van der Waals surface area contributed by atoms with Gasteiger partial charge in [0.1, 0.15) is 11.9 Å². The minimum absolute atomic E-state index is 0.134. The van der Waals surface area contributed by atoms with Gasteiger partial charge in [0, 0.05) is 24.8 Å². The van der Waals surface area contributed by atoms with Crippen molar-refractivity contribution in [3.05, 3.63) is 46.5 Å². The van der Waals surface area contributed by atoms with Crippen molar-refractivity contribution < 1.29 is 28.5 Å². The maximum Gasteiger partial charge on any atom is 0.351 e. The molecule has 5 N–H and O–H groups in total. The Morgan fingerprint density at radius 3 is 2.70 bits per heavy atom. The molecule has 1 amide bonds. The zero-order valence-corrected chi connectivity index (χ0v) is 15.5.